The topological polar surface area (TPSA) is 166 Å². The van der Waals surface area contributed by atoms with E-state index in [1.54, 1.807) is 6.26 Å². The van der Waals surface area contributed by atoms with E-state index in [9.17, 15) is 35.1 Å². The molecule has 1 heterocycles. The first-order valence-corrected chi connectivity index (χ1v) is 8.16. The molecule has 134 valence electrons. The van der Waals surface area contributed by atoms with E-state index in [0.29, 0.717) is 5.75 Å². The molecule has 0 bridgehead atoms. The number of ether oxygens (including phenoxy) is 2. The van der Waals surface area contributed by atoms with Crippen LogP contribution in [0.2, 0.25) is 0 Å². The van der Waals surface area contributed by atoms with E-state index in [4.69, 9.17) is 4.74 Å². The summed E-state index contributed by atoms with van der Waals surface area (Å²) in [6.45, 7) is -0.846. The molecule has 0 amide bonds. The fourth-order valence-electron chi connectivity index (χ4n) is 2.20. The highest BCUT2D eigenvalue weighted by Crippen LogP contribution is 2.29. The number of hydrogen-bond donors (Lipinski definition) is 6. The summed E-state index contributed by atoms with van der Waals surface area (Å²) >= 11 is 1.38. The van der Waals surface area contributed by atoms with Crippen LogP contribution < -0.4 is 5.32 Å². The fourth-order valence-corrected chi connectivity index (χ4v) is 2.67. The second-order valence-corrected chi connectivity index (χ2v) is 5.95. The lowest BCUT2D eigenvalue weighted by Gasteiger charge is -2.47. The molecule has 1 aliphatic rings. The van der Waals surface area contributed by atoms with E-state index in [1.165, 1.54) is 11.8 Å². The molecule has 0 spiro atoms. The number of carboxylic acid groups (broad SMARTS) is 1. The van der Waals surface area contributed by atoms with Crippen LogP contribution in [0.5, 0.6) is 0 Å². The largest absolute Gasteiger partial charge is 0.480 e. The zero-order valence-electron chi connectivity index (χ0n) is 12.4. The van der Waals surface area contributed by atoms with Crippen molar-refractivity contribution in [3.63, 3.8) is 0 Å². The van der Waals surface area contributed by atoms with Gasteiger partial charge in [0, 0.05) is 0 Å². The van der Waals surface area contributed by atoms with Crippen molar-refractivity contribution >= 4 is 24.2 Å². The Morgan fingerprint density at radius 3 is 2.57 bits per heavy atom. The minimum atomic E-state index is -2.41. The first-order valence-electron chi connectivity index (χ1n) is 6.76. The molecule has 0 aromatic heterocycles. The minimum Gasteiger partial charge on any atom is -0.480 e. The van der Waals surface area contributed by atoms with Crippen LogP contribution in [0.15, 0.2) is 0 Å². The highest BCUT2D eigenvalue weighted by atomic mass is 32.2. The molecule has 1 aliphatic heterocycles. The number of aliphatic hydroxyl groups excluding tert-OH is 4. The van der Waals surface area contributed by atoms with Gasteiger partial charge in [0.2, 0.25) is 0 Å². The van der Waals surface area contributed by atoms with Gasteiger partial charge >= 0.3 is 11.9 Å². The second-order valence-electron chi connectivity index (χ2n) is 4.96. The average Bonchev–Trinajstić information content (AvgIpc) is 2.52. The Balaban J connectivity index is 3.08. The molecule has 10 nitrogen and oxygen atoms in total. The molecular formula is C12H21NO9S. The Morgan fingerprint density at radius 2 is 2.09 bits per heavy atom. The Hall–Kier alpha value is -0.950. The van der Waals surface area contributed by atoms with E-state index in [1.807, 2.05) is 0 Å². The number of thioether (sulfide) groups is 1. The van der Waals surface area contributed by atoms with Gasteiger partial charge in [-0.3, -0.25) is 9.59 Å². The van der Waals surface area contributed by atoms with Gasteiger partial charge in [-0.15, -0.1) is 0 Å². The van der Waals surface area contributed by atoms with E-state index in [2.05, 4.69) is 10.1 Å². The third-order valence-corrected chi connectivity index (χ3v) is 4.10. The average molecular weight is 355 g/mol. The lowest BCUT2D eigenvalue weighted by Crippen LogP contribution is -2.73. The molecule has 0 aromatic carbocycles. The maximum absolute atomic E-state index is 11.3. The van der Waals surface area contributed by atoms with Gasteiger partial charge in [-0.2, -0.15) is 11.8 Å². The Labute approximate surface area is 136 Å². The van der Waals surface area contributed by atoms with E-state index >= 15 is 0 Å². The van der Waals surface area contributed by atoms with Gasteiger partial charge in [0.25, 0.3) is 6.47 Å². The Morgan fingerprint density at radius 1 is 1.43 bits per heavy atom. The van der Waals surface area contributed by atoms with Gasteiger partial charge in [-0.05, 0) is 18.4 Å². The summed E-state index contributed by atoms with van der Waals surface area (Å²) in [6, 6.07) is -1.26. The smallest absolute Gasteiger partial charge is 0.320 e. The number of rotatable bonds is 9. The van der Waals surface area contributed by atoms with Crippen molar-refractivity contribution in [3.8, 4) is 0 Å². The summed E-state index contributed by atoms with van der Waals surface area (Å²) < 4.78 is 9.85. The standard InChI is InChI=1S/C12H21NO9S/c1-23-3-2-6(11(19)20)13-12(21-5-15)10(18)9(17)8(16)7(4-14)22-12/h5-10,13-14,16-18H,2-4H2,1H3,(H,19,20)/t6-,7+,8+,9-,10-,12?/m0/s1. The highest BCUT2D eigenvalue weighted by molar-refractivity contribution is 7.98. The second kappa shape index (κ2) is 8.78. The molecule has 1 fully saturated rings. The minimum absolute atomic E-state index is 0.0947. The van der Waals surface area contributed by atoms with Crippen molar-refractivity contribution < 1.29 is 44.6 Å². The number of carbonyl (C=O) groups excluding carboxylic acids is 1. The summed E-state index contributed by atoms with van der Waals surface area (Å²) in [7, 11) is 0. The Bertz CT molecular complexity index is 410. The van der Waals surface area contributed by atoms with Crippen molar-refractivity contribution in [2.45, 2.75) is 42.8 Å². The third-order valence-electron chi connectivity index (χ3n) is 3.46. The summed E-state index contributed by atoms with van der Waals surface area (Å²) in [6.07, 6.45) is -4.96. The van der Waals surface area contributed by atoms with Gasteiger partial charge in [0.1, 0.15) is 24.4 Å². The van der Waals surface area contributed by atoms with Gasteiger partial charge in [0.15, 0.2) is 6.10 Å². The van der Waals surface area contributed by atoms with Gasteiger partial charge < -0.3 is 35.0 Å². The van der Waals surface area contributed by atoms with Crippen LogP contribution in [-0.2, 0) is 19.1 Å². The number of aliphatic carboxylic acids is 1. The van der Waals surface area contributed by atoms with Gasteiger partial charge in [-0.25, -0.2) is 5.32 Å². The zero-order valence-corrected chi connectivity index (χ0v) is 13.2. The molecule has 1 rings (SSSR count). The van der Waals surface area contributed by atoms with E-state index < -0.39 is 48.9 Å². The molecule has 6 atom stereocenters. The first kappa shape index (κ1) is 20.1. The third kappa shape index (κ3) is 4.53. The van der Waals surface area contributed by atoms with Crippen LogP contribution in [0, 0.1) is 0 Å². The maximum atomic E-state index is 11.3. The molecule has 1 saturated heterocycles. The van der Waals surface area contributed by atoms with Gasteiger partial charge in [-0.1, -0.05) is 0 Å². The molecule has 6 N–H and O–H groups in total. The van der Waals surface area contributed by atoms with Crippen LogP contribution in [0.25, 0.3) is 0 Å². The zero-order chi connectivity index (χ0) is 17.6. The lowest BCUT2D eigenvalue weighted by molar-refractivity contribution is -0.362. The van der Waals surface area contributed by atoms with Crippen LogP contribution in [-0.4, -0.2) is 93.0 Å². The van der Waals surface area contributed by atoms with Crippen LogP contribution >= 0.6 is 11.8 Å². The van der Waals surface area contributed by atoms with Crippen LogP contribution in [0.4, 0.5) is 0 Å². The van der Waals surface area contributed by atoms with Crippen molar-refractivity contribution in [3.05, 3.63) is 0 Å². The number of hydrogen-bond acceptors (Lipinski definition) is 10. The maximum Gasteiger partial charge on any atom is 0.320 e. The molecule has 0 aromatic rings. The molecule has 0 saturated carbocycles. The van der Waals surface area contributed by atoms with Crippen molar-refractivity contribution in [2.24, 2.45) is 0 Å². The molecule has 0 aliphatic carbocycles. The molecule has 23 heavy (non-hydrogen) atoms. The van der Waals surface area contributed by atoms with Crippen molar-refractivity contribution in [1.29, 1.82) is 0 Å². The number of carbonyl (C=O) groups is 2. The highest BCUT2D eigenvalue weighted by Gasteiger charge is 2.56. The summed E-state index contributed by atoms with van der Waals surface area (Å²) in [5, 5.41) is 50.4. The molecule has 0 radical (unpaired) electrons. The van der Waals surface area contributed by atoms with Crippen molar-refractivity contribution in [2.75, 3.05) is 18.6 Å². The predicted molar refractivity (Wildman–Crippen MR) is 77.4 cm³/mol. The molecular weight excluding hydrogens is 334 g/mol. The van der Waals surface area contributed by atoms with Gasteiger partial charge in [0.05, 0.1) is 6.61 Å². The SMILES string of the molecule is CSCC[C@H](NC1(OC=O)O[C@H](CO)[C@@H](O)[C@H](O)[C@@H]1O)C(=O)O. The summed E-state index contributed by atoms with van der Waals surface area (Å²) in [5.41, 5.74) is 0. The summed E-state index contributed by atoms with van der Waals surface area (Å²) in [5.74, 6) is -3.24. The Kier molecular flexibility index (Phi) is 7.67. The molecule has 11 heteroatoms. The number of nitrogens with one attached hydrogen (secondary N) is 1. The number of carboxylic acids is 1. The van der Waals surface area contributed by atoms with Crippen LogP contribution in [0.3, 0.4) is 0 Å². The fraction of sp³-hybridized carbons (Fsp3) is 0.833. The van der Waals surface area contributed by atoms with E-state index in [-0.39, 0.29) is 12.9 Å². The lowest BCUT2D eigenvalue weighted by atomic mass is 9.96. The quantitative estimate of drug-likeness (QED) is 0.185. The predicted octanol–water partition coefficient (Wildman–Crippen LogP) is -2.92. The van der Waals surface area contributed by atoms with E-state index in [0.717, 1.165) is 0 Å². The van der Waals surface area contributed by atoms with Crippen molar-refractivity contribution in [1.82, 2.24) is 5.32 Å². The summed E-state index contributed by atoms with van der Waals surface area (Å²) in [4.78, 5) is 22.1. The molecule has 1 unspecified atom stereocenters. The number of aliphatic hydroxyl groups is 4. The monoisotopic (exact) mass is 355 g/mol. The van der Waals surface area contributed by atoms with Crippen LogP contribution in [0.1, 0.15) is 6.42 Å². The normalized spacial score (nSPS) is 35.5. The first-order chi connectivity index (χ1) is 10.8.